The van der Waals surface area contributed by atoms with Crippen LogP contribution in [0, 0.1) is 5.92 Å². The van der Waals surface area contributed by atoms with Gasteiger partial charge in [0.1, 0.15) is 0 Å². The minimum Gasteiger partial charge on any atom is -0.312 e. The average molecular weight is 190 g/mol. The third-order valence-electron chi connectivity index (χ3n) is 2.08. The van der Waals surface area contributed by atoms with Crippen LogP contribution in [0.5, 0.6) is 0 Å². The van der Waals surface area contributed by atoms with Gasteiger partial charge in [0.05, 0.1) is 6.67 Å². The highest BCUT2D eigenvalue weighted by Crippen LogP contribution is 2.02. The van der Waals surface area contributed by atoms with Crippen molar-refractivity contribution in [2.75, 3.05) is 33.9 Å². The molecule has 0 bridgehead atoms. The number of likely N-dealkylation sites (N-methyl/N-ethyl adjacent to an activating group) is 1. The molecule has 0 saturated heterocycles. The fraction of sp³-hybridized carbons (Fsp3) is 1.00. The normalized spacial score (nSPS) is 14.1. The highest BCUT2D eigenvalue weighted by molar-refractivity contribution is 4.72. The summed E-state index contributed by atoms with van der Waals surface area (Å²) in [5.74, 6) is 0.599. The lowest BCUT2D eigenvalue weighted by molar-refractivity contribution is 0.285. The molecule has 1 unspecified atom stereocenters. The van der Waals surface area contributed by atoms with Crippen LogP contribution in [0.15, 0.2) is 0 Å². The van der Waals surface area contributed by atoms with Crippen molar-refractivity contribution in [2.24, 2.45) is 5.92 Å². The van der Waals surface area contributed by atoms with Gasteiger partial charge in [0.2, 0.25) is 0 Å². The maximum absolute atomic E-state index is 11.9. The highest BCUT2D eigenvalue weighted by atomic mass is 19.1. The van der Waals surface area contributed by atoms with E-state index in [0.717, 1.165) is 13.1 Å². The molecule has 0 fully saturated rings. The predicted molar refractivity (Wildman–Crippen MR) is 55.8 cm³/mol. The Morgan fingerprint density at radius 3 is 2.31 bits per heavy atom. The van der Waals surface area contributed by atoms with Crippen molar-refractivity contribution in [2.45, 2.75) is 26.3 Å². The molecule has 0 spiro atoms. The first kappa shape index (κ1) is 12.8. The Labute approximate surface area is 81.5 Å². The summed E-state index contributed by atoms with van der Waals surface area (Å²) in [5, 5.41) is 3.37. The highest BCUT2D eigenvalue weighted by Gasteiger charge is 2.12. The minimum atomic E-state index is -0.222. The van der Waals surface area contributed by atoms with Crippen LogP contribution in [0.3, 0.4) is 0 Å². The number of alkyl halides is 1. The molecule has 2 nitrogen and oxygen atoms in total. The molecular formula is C10H23FN2. The van der Waals surface area contributed by atoms with Crippen molar-refractivity contribution in [1.29, 1.82) is 0 Å². The quantitative estimate of drug-likeness (QED) is 0.612. The van der Waals surface area contributed by atoms with Crippen LogP contribution in [0.1, 0.15) is 20.3 Å². The molecule has 0 heterocycles. The number of nitrogens with one attached hydrogen (secondary N) is 1. The Morgan fingerprint density at radius 2 is 1.92 bits per heavy atom. The molecule has 3 heteroatoms. The summed E-state index contributed by atoms with van der Waals surface area (Å²) in [5.41, 5.74) is 0. The maximum Gasteiger partial charge on any atom is 0.0906 e. The standard InChI is InChI=1S/C10H23FN2/c1-9(2)10(8-13(3)4)12-7-5-6-11/h9-10,12H,5-8H2,1-4H3. The lowest BCUT2D eigenvalue weighted by Gasteiger charge is -2.25. The van der Waals surface area contributed by atoms with Crippen LogP contribution >= 0.6 is 0 Å². The van der Waals surface area contributed by atoms with E-state index in [4.69, 9.17) is 0 Å². The summed E-state index contributed by atoms with van der Waals surface area (Å²) in [6.07, 6.45) is 0.622. The van der Waals surface area contributed by atoms with Crippen LogP contribution in [0.2, 0.25) is 0 Å². The van der Waals surface area contributed by atoms with Gasteiger partial charge in [-0.15, -0.1) is 0 Å². The number of nitrogens with zero attached hydrogens (tertiary/aromatic N) is 1. The summed E-state index contributed by atoms with van der Waals surface area (Å²) in [7, 11) is 4.12. The lowest BCUT2D eigenvalue weighted by Crippen LogP contribution is -2.42. The zero-order valence-corrected chi connectivity index (χ0v) is 9.31. The van der Waals surface area contributed by atoms with E-state index in [-0.39, 0.29) is 6.67 Å². The van der Waals surface area contributed by atoms with E-state index in [0.29, 0.717) is 18.4 Å². The SMILES string of the molecule is CC(C)C(CN(C)C)NCCCF. The van der Waals surface area contributed by atoms with E-state index >= 15 is 0 Å². The maximum atomic E-state index is 11.9. The molecule has 1 atom stereocenters. The second-order valence-corrected chi connectivity index (χ2v) is 4.11. The molecule has 0 radical (unpaired) electrons. The van der Waals surface area contributed by atoms with E-state index in [1.807, 2.05) is 0 Å². The van der Waals surface area contributed by atoms with Gasteiger partial charge in [-0.25, -0.2) is 0 Å². The molecular weight excluding hydrogens is 167 g/mol. The fourth-order valence-electron chi connectivity index (χ4n) is 1.26. The Hall–Kier alpha value is -0.150. The number of hydrogen-bond donors (Lipinski definition) is 1. The van der Waals surface area contributed by atoms with Gasteiger partial charge >= 0.3 is 0 Å². The second kappa shape index (κ2) is 7.27. The number of rotatable bonds is 7. The Bertz CT molecular complexity index is 115. The molecule has 0 aromatic rings. The zero-order valence-electron chi connectivity index (χ0n) is 9.31. The van der Waals surface area contributed by atoms with E-state index in [1.165, 1.54) is 0 Å². The van der Waals surface area contributed by atoms with Crippen LogP contribution in [0.4, 0.5) is 4.39 Å². The molecule has 0 aliphatic heterocycles. The Balaban J connectivity index is 3.67. The van der Waals surface area contributed by atoms with Crippen molar-refractivity contribution in [3.63, 3.8) is 0 Å². The van der Waals surface area contributed by atoms with Gasteiger partial charge in [-0.3, -0.25) is 4.39 Å². The topological polar surface area (TPSA) is 15.3 Å². The van der Waals surface area contributed by atoms with E-state index in [1.54, 1.807) is 0 Å². The largest absolute Gasteiger partial charge is 0.312 e. The van der Waals surface area contributed by atoms with Gasteiger partial charge in [0, 0.05) is 12.6 Å². The predicted octanol–water partition coefficient (Wildman–Crippen LogP) is 1.52. The fourth-order valence-corrected chi connectivity index (χ4v) is 1.26. The van der Waals surface area contributed by atoms with Crippen LogP contribution < -0.4 is 5.32 Å². The molecule has 13 heavy (non-hydrogen) atoms. The molecule has 0 aliphatic carbocycles. The van der Waals surface area contributed by atoms with Crippen LogP contribution in [-0.4, -0.2) is 44.8 Å². The molecule has 0 rings (SSSR count). The summed E-state index contributed by atoms with van der Waals surface area (Å²) < 4.78 is 11.9. The van der Waals surface area contributed by atoms with Gasteiger partial charge in [-0.05, 0) is 33.0 Å². The lowest BCUT2D eigenvalue weighted by atomic mass is 10.0. The van der Waals surface area contributed by atoms with Crippen molar-refractivity contribution < 1.29 is 4.39 Å². The molecule has 80 valence electrons. The third kappa shape index (κ3) is 6.96. The first-order chi connectivity index (χ1) is 6.07. The number of hydrogen-bond acceptors (Lipinski definition) is 2. The molecule has 0 aliphatic rings. The first-order valence-electron chi connectivity index (χ1n) is 5.02. The smallest absolute Gasteiger partial charge is 0.0906 e. The molecule has 0 saturated carbocycles. The van der Waals surface area contributed by atoms with Crippen molar-refractivity contribution in [1.82, 2.24) is 10.2 Å². The molecule has 0 aromatic carbocycles. The average Bonchev–Trinajstić information content (AvgIpc) is 2.02. The Kier molecular flexibility index (Phi) is 7.19. The Morgan fingerprint density at radius 1 is 1.31 bits per heavy atom. The number of halogens is 1. The summed E-state index contributed by atoms with van der Waals surface area (Å²) in [6, 6.07) is 0.474. The van der Waals surface area contributed by atoms with Gasteiger partial charge in [-0.2, -0.15) is 0 Å². The minimum absolute atomic E-state index is 0.222. The van der Waals surface area contributed by atoms with Gasteiger partial charge in [0.25, 0.3) is 0 Å². The van der Waals surface area contributed by atoms with Gasteiger partial charge in [-0.1, -0.05) is 13.8 Å². The first-order valence-corrected chi connectivity index (χ1v) is 5.02. The molecule has 0 aromatic heterocycles. The summed E-state index contributed by atoms with van der Waals surface area (Å²) >= 11 is 0. The van der Waals surface area contributed by atoms with Crippen molar-refractivity contribution in [3.8, 4) is 0 Å². The van der Waals surface area contributed by atoms with Crippen LogP contribution in [-0.2, 0) is 0 Å². The molecule has 1 N–H and O–H groups in total. The van der Waals surface area contributed by atoms with Gasteiger partial charge < -0.3 is 10.2 Å². The molecule has 0 amide bonds. The summed E-state index contributed by atoms with van der Waals surface area (Å²) in [4.78, 5) is 2.16. The third-order valence-corrected chi connectivity index (χ3v) is 2.08. The summed E-state index contributed by atoms with van der Waals surface area (Å²) in [6.45, 7) is 5.96. The van der Waals surface area contributed by atoms with E-state index in [9.17, 15) is 4.39 Å². The van der Waals surface area contributed by atoms with Crippen LogP contribution in [0.25, 0.3) is 0 Å². The van der Waals surface area contributed by atoms with E-state index in [2.05, 4.69) is 38.2 Å². The van der Waals surface area contributed by atoms with Crippen molar-refractivity contribution in [3.05, 3.63) is 0 Å². The van der Waals surface area contributed by atoms with Crippen molar-refractivity contribution >= 4 is 0 Å². The van der Waals surface area contributed by atoms with E-state index < -0.39 is 0 Å². The zero-order chi connectivity index (χ0) is 10.3. The monoisotopic (exact) mass is 190 g/mol. The second-order valence-electron chi connectivity index (χ2n) is 4.11. The van der Waals surface area contributed by atoms with Gasteiger partial charge in [0.15, 0.2) is 0 Å².